The first-order chi connectivity index (χ1) is 17.0. The number of aliphatic hydroxyl groups is 1. The molecule has 0 aromatic rings. The number of rotatable bonds is 5. The largest absolute Gasteiger partial charge is 0.396 e. The molecule has 2 unspecified atom stereocenters. The van der Waals surface area contributed by atoms with Crippen molar-refractivity contribution in [1.82, 2.24) is 0 Å². The lowest BCUT2D eigenvalue weighted by Crippen LogP contribution is -2.62. The van der Waals surface area contributed by atoms with Crippen molar-refractivity contribution in [3.63, 3.8) is 0 Å². The average molecular weight is 510 g/mol. The first-order valence-electron chi connectivity index (χ1n) is 14.8. The lowest BCUT2D eigenvalue weighted by molar-refractivity contribution is -0.176. The van der Waals surface area contributed by atoms with Gasteiger partial charge in [-0.15, -0.1) is 0 Å². The van der Waals surface area contributed by atoms with Gasteiger partial charge in [-0.2, -0.15) is 5.26 Å². The van der Waals surface area contributed by atoms with Crippen LogP contribution in [0.3, 0.4) is 0 Å². The van der Waals surface area contributed by atoms with E-state index in [2.05, 4.69) is 47.6 Å². The van der Waals surface area contributed by atoms with Crippen LogP contribution in [0.5, 0.6) is 0 Å². The van der Waals surface area contributed by atoms with E-state index in [4.69, 9.17) is 0 Å². The van der Waals surface area contributed by atoms with Gasteiger partial charge in [0.25, 0.3) is 0 Å². The maximum absolute atomic E-state index is 13.5. The molecule has 0 aromatic carbocycles. The molecule has 4 aliphatic carbocycles. The van der Waals surface area contributed by atoms with Gasteiger partial charge in [0.2, 0.25) is 0 Å². The number of aliphatic hydroxyl groups excluding tert-OH is 1. The summed E-state index contributed by atoms with van der Waals surface area (Å²) in [4.78, 5) is 26.7. The number of ketones is 2. The van der Waals surface area contributed by atoms with Crippen LogP contribution in [-0.4, -0.2) is 23.3 Å². The van der Waals surface area contributed by atoms with Gasteiger partial charge in [-0.1, -0.05) is 61.5 Å². The number of hydrogen-bond acceptors (Lipinski definition) is 4. The standard InChI is InChI=1S/C33H51NO3/c1-22-18-28(2,3)11-13-33(22,15-16-35)14-12-30(6)20-24(36)17-26-31(7)19-23(21-34)27(37)29(4,5)25(31)9-10-32(26,30)8/h19,22,25-26,35H,9-18,20H2,1-8H3/t22?,25?,26-,30-,31+,32-,33-/m1/s1. The molecule has 3 fully saturated rings. The number of carbonyl (C=O) groups is 2. The molecule has 4 heteroatoms. The summed E-state index contributed by atoms with van der Waals surface area (Å²) in [5, 5.41) is 19.9. The molecule has 206 valence electrons. The summed E-state index contributed by atoms with van der Waals surface area (Å²) >= 11 is 0. The molecule has 1 N–H and O–H groups in total. The monoisotopic (exact) mass is 509 g/mol. The average Bonchev–Trinajstić information content (AvgIpc) is 2.79. The summed E-state index contributed by atoms with van der Waals surface area (Å²) in [7, 11) is 0. The van der Waals surface area contributed by atoms with E-state index >= 15 is 0 Å². The van der Waals surface area contributed by atoms with Gasteiger partial charge >= 0.3 is 0 Å². The van der Waals surface area contributed by atoms with Gasteiger partial charge < -0.3 is 5.11 Å². The number of nitriles is 1. The van der Waals surface area contributed by atoms with E-state index in [1.807, 2.05) is 19.9 Å². The van der Waals surface area contributed by atoms with Crippen LogP contribution < -0.4 is 0 Å². The van der Waals surface area contributed by atoms with Crippen LogP contribution in [0.15, 0.2) is 11.6 Å². The second-order valence-corrected chi connectivity index (χ2v) is 15.7. The normalized spacial score (nSPS) is 44.9. The molecule has 4 aliphatic rings. The van der Waals surface area contributed by atoms with Gasteiger partial charge in [0.1, 0.15) is 11.9 Å². The lowest BCUT2D eigenvalue weighted by atomic mass is 9.37. The third kappa shape index (κ3) is 4.27. The van der Waals surface area contributed by atoms with Gasteiger partial charge in [0.05, 0.1) is 5.57 Å². The highest BCUT2D eigenvalue weighted by Gasteiger charge is 2.66. The third-order valence-corrected chi connectivity index (χ3v) is 12.9. The van der Waals surface area contributed by atoms with Gasteiger partial charge in [-0.25, -0.2) is 0 Å². The van der Waals surface area contributed by atoms with Crippen LogP contribution in [0.4, 0.5) is 0 Å². The predicted octanol–water partition coefficient (Wildman–Crippen LogP) is 7.45. The number of fused-ring (bicyclic) bond motifs is 3. The molecule has 4 nitrogen and oxygen atoms in total. The zero-order chi connectivity index (χ0) is 27.7. The van der Waals surface area contributed by atoms with E-state index < -0.39 is 5.41 Å². The molecular weight excluding hydrogens is 458 g/mol. The van der Waals surface area contributed by atoms with Crippen molar-refractivity contribution in [2.24, 2.45) is 50.2 Å². The lowest BCUT2D eigenvalue weighted by Gasteiger charge is -2.66. The van der Waals surface area contributed by atoms with Crippen molar-refractivity contribution in [3.05, 3.63) is 11.6 Å². The van der Waals surface area contributed by atoms with Crippen molar-refractivity contribution in [2.45, 2.75) is 120 Å². The minimum atomic E-state index is -0.595. The van der Waals surface area contributed by atoms with Crippen molar-refractivity contribution < 1.29 is 14.7 Å². The molecule has 0 saturated heterocycles. The fourth-order valence-corrected chi connectivity index (χ4v) is 10.2. The SMILES string of the molecule is CC1CC(C)(C)CC[C@]1(CCO)CC[C@]1(C)CC(=O)C[C@@H]2[C@@]3(C)C=C(C#N)C(=O)C(C)(C)C3CC[C@]21C. The van der Waals surface area contributed by atoms with E-state index in [9.17, 15) is 20.0 Å². The second kappa shape index (κ2) is 9.04. The van der Waals surface area contributed by atoms with Crippen molar-refractivity contribution in [2.75, 3.05) is 6.61 Å². The van der Waals surface area contributed by atoms with Gasteiger partial charge in [0.15, 0.2) is 5.78 Å². The number of carbonyl (C=O) groups excluding carboxylic acids is 2. The highest BCUT2D eigenvalue weighted by atomic mass is 16.3. The number of nitrogens with zero attached hydrogens (tertiary/aromatic N) is 1. The first kappa shape index (κ1) is 28.5. The zero-order valence-electron chi connectivity index (χ0n) is 24.8. The summed E-state index contributed by atoms with van der Waals surface area (Å²) in [6.45, 7) is 18.4. The topological polar surface area (TPSA) is 78.2 Å². The summed E-state index contributed by atoms with van der Waals surface area (Å²) in [6.07, 6.45) is 11.5. The molecule has 3 saturated carbocycles. The molecule has 7 atom stereocenters. The molecule has 0 aliphatic heterocycles. The molecule has 0 radical (unpaired) electrons. The third-order valence-electron chi connectivity index (χ3n) is 12.9. The van der Waals surface area contributed by atoms with E-state index in [0.29, 0.717) is 30.0 Å². The smallest absolute Gasteiger partial charge is 0.178 e. The Morgan fingerprint density at radius 3 is 2.24 bits per heavy atom. The molecule has 4 rings (SSSR count). The summed E-state index contributed by atoms with van der Waals surface area (Å²) in [5.41, 5.74) is -0.357. The molecular formula is C33H51NO3. The van der Waals surface area contributed by atoms with Crippen molar-refractivity contribution in [1.29, 1.82) is 5.26 Å². The van der Waals surface area contributed by atoms with E-state index in [1.165, 1.54) is 12.8 Å². The van der Waals surface area contributed by atoms with E-state index in [1.54, 1.807) is 0 Å². The number of Topliss-reactive ketones (excluding diaryl/α,β-unsaturated/α-hetero) is 2. The van der Waals surface area contributed by atoms with Crippen LogP contribution in [0.1, 0.15) is 120 Å². The minimum Gasteiger partial charge on any atom is -0.396 e. The molecule has 0 bridgehead atoms. The molecule has 0 spiro atoms. The van der Waals surface area contributed by atoms with Gasteiger partial charge in [-0.3, -0.25) is 9.59 Å². The van der Waals surface area contributed by atoms with Gasteiger partial charge in [0, 0.05) is 24.9 Å². The predicted molar refractivity (Wildman–Crippen MR) is 147 cm³/mol. The minimum absolute atomic E-state index is 0.0360. The van der Waals surface area contributed by atoms with Crippen LogP contribution in [-0.2, 0) is 9.59 Å². The fraction of sp³-hybridized carbons (Fsp3) is 0.848. The van der Waals surface area contributed by atoms with Crippen molar-refractivity contribution >= 4 is 11.6 Å². The molecule has 0 aromatic heterocycles. The Labute approximate surface area is 225 Å². The zero-order valence-corrected chi connectivity index (χ0v) is 24.8. The quantitative estimate of drug-likeness (QED) is 0.417. The van der Waals surface area contributed by atoms with E-state index in [-0.39, 0.29) is 51.5 Å². The Morgan fingerprint density at radius 1 is 0.973 bits per heavy atom. The first-order valence-corrected chi connectivity index (χ1v) is 14.8. The Hall–Kier alpha value is -1.47. The Balaban J connectivity index is 1.70. The molecule has 0 amide bonds. The number of allylic oxidation sites excluding steroid dienone is 2. The Bertz CT molecular complexity index is 1030. The van der Waals surface area contributed by atoms with Crippen LogP contribution in [0.2, 0.25) is 0 Å². The fourth-order valence-electron chi connectivity index (χ4n) is 10.2. The Morgan fingerprint density at radius 2 is 1.65 bits per heavy atom. The van der Waals surface area contributed by atoms with Crippen molar-refractivity contribution in [3.8, 4) is 6.07 Å². The van der Waals surface area contributed by atoms with Crippen LogP contribution in [0.25, 0.3) is 0 Å². The summed E-state index contributed by atoms with van der Waals surface area (Å²) < 4.78 is 0. The highest BCUT2D eigenvalue weighted by Crippen LogP contribution is 2.71. The highest BCUT2D eigenvalue weighted by molar-refractivity contribution is 6.04. The molecule has 37 heavy (non-hydrogen) atoms. The Kier molecular flexibility index (Phi) is 6.97. The molecule has 0 heterocycles. The maximum Gasteiger partial charge on any atom is 0.178 e. The van der Waals surface area contributed by atoms with Crippen LogP contribution >= 0.6 is 0 Å². The van der Waals surface area contributed by atoms with Crippen LogP contribution in [0, 0.1) is 61.6 Å². The van der Waals surface area contributed by atoms with E-state index in [0.717, 1.165) is 38.5 Å². The summed E-state index contributed by atoms with van der Waals surface area (Å²) in [5.74, 6) is 1.11. The summed E-state index contributed by atoms with van der Waals surface area (Å²) in [6, 6.07) is 2.21. The second-order valence-electron chi connectivity index (χ2n) is 15.7. The maximum atomic E-state index is 13.5. The van der Waals surface area contributed by atoms with Gasteiger partial charge in [-0.05, 0) is 96.2 Å². The number of hydrogen-bond donors (Lipinski definition) is 1.